The highest BCUT2D eigenvalue weighted by atomic mass is 35.5. The lowest BCUT2D eigenvalue weighted by Crippen LogP contribution is -2.32. The molecule has 1 saturated carbocycles. The second-order valence-corrected chi connectivity index (χ2v) is 4.81. The number of nitro benzene ring substituents is 1. The van der Waals surface area contributed by atoms with Gasteiger partial charge in [0, 0.05) is 17.1 Å². The number of benzene rings is 1. The van der Waals surface area contributed by atoms with E-state index in [9.17, 15) is 14.9 Å². The van der Waals surface area contributed by atoms with Crippen molar-refractivity contribution in [3.05, 3.63) is 38.9 Å². The van der Waals surface area contributed by atoms with Gasteiger partial charge in [-0.2, -0.15) is 0 Å². The quantitative estimate of drug-likeness (QED) is 0.677. The molecule has 1 fully saturated rings. The molecule has 18 heavy (non-hydrogen) atoms. The van der Waals surface area contributed by atoms with Crippen LogP contribution in [0.2, 0.25) is 5.02 Å². The summed E-state index contributed by atoms with van der Waals surface area (Å²) < 4.78 is 0. The number of nitro groups is 1. The number of amides is 1. The van der Waals surface area contributed by atoms with E-state index in [0.717, 1.165) is 25.7 Å². The van der Waals surface area contributed by atoms with Crippen LogP contribution in [0.3, 0.4) is 0 Å². The molecule has 1 N–H and O–H groups in total. The highest BCUT2D eigenvalue weighted by Gasteiger charge is 2.24. The van der Waals surface area contributed by atoms with Crippen molar-refractivity contribution in [3.8, 4) is 0 Å². The summed E-state index contributed by atoms with van der Waals surface area (Å²) in [6.07, 6.45) is 4.06. The molecule has 0 atom stereocenters. The lowest BCUT2D eigenvalue weighted by molar-refractivity contribution is -0.385. The smallest absolute Gasteiger partial charge is 0.283 e. The molecule has 1 aliphatic rings. The zero-order valence-electron chi connectivity index (χ0n) is 9.69. The third-order valence-corrected chi connectivity index (χ3v) is 3.33. The van der Waals surface area contributed by atoms with Gasteiger partial charge >= 0.3 is 0 Å². The highest BCUT2D eigenvalue weighted by molar-refractivity contribution is 6.31. The van der Waals surface area contributed by atoms with E-state index in [-0.39, 0.29) is 22.3 Å². The Labute approximate surface area is 109 Å². The first-order valence-electron chi connectivity index (χ1n) is 5.83. The number of carbonyl (C=O) groups excluding carboxylic acids is 1. The van der Waals surface area contributed by atoms with Crippen LogP contribution in [0.5, 0.6) is 0 Å². The highest BCUT2D eigenvalue weighted by Crippen LogP contribution is 2.24. The Hall–Kier alpha value is -1.62. The Kier molecular flexibility index (Phi) is 3.81. The summed E-state index contributed by atoms with van der Waals surface area (Å²) in [6, 6.07) is 4.21. The van der Waals surface area contributed by atoms with Crippen LogP contribution in [-0.4, -0.2) is 16.9 Å². The van der Waals surface area contributed by atoms with Gasteiger partial charge in [-0.3, -0.25) is 14.9 Å². The lowest BCUT2D eigenvalue weighted by Gasteiger charge is -2.11. The SMILES string of the molecule is O=C(NC1CCCC1)c1ccc(Cl)cc1[N+](=O)[O-]. The van der Waals surface area contributed by atoms with Gasteiger partial charge in [0.25, 0.3) is 11.6 Å². The third kappa shape index (κ3) is 2.79. The molecule has 1 aromatic carbocycles. The molecule has 0 radical (unpaired) electrons. The second-order valence-electron chi connectivity index (χ2n) is 4.37. The number of carbonyl (C=O) groups is 1. The fourth-order valence-corrected chi connectivity index (χ4v) is 2.35. The fraction of sp³-hybridized carbons (Fsp3) is 0.417. The normalized spacial score (nSPS) is 15.6. The lowest BCUT2D eigenvalue weighted by atomic mass is 10.1. The van der Waals surface area contributed by atoms with Gasteiger partial charge in [0.2, 0.25) is 0 Å². The Morgan fingerprint density at radius 1 is 1.39 bits per heavy atom. The average Bonchev–Trinajstić information content (AvgIpc) is 2.81. The second kappa shape index (κ2) is 5.35. The van der Waals surface area contributed by atoms with Crippen molar-refractivity contribution in [1.82, 2.24) is 5.32 Å². The Bertz CT molecular complexity index is 484. The molecular formula is C12H13ClN2O3. The van der Waals surface area contributed by atoms with Gasteiger partial charge in [-0.25, -0.2) is 0 Å². The van der Waals surface area contributed by atoms with Crippen LogP contribution in [0.15, 0.2) is 18.2 Å². The first kappa shape index (κ1) is 12.8. The number of hydrogen-bond donors (Lipinski definition) is 1. The molecule has 96 valence electrons. The molecule has 6 heteroatoms. The predicted octanol–water partition coefficient (Wildman–Crippen LogP) is 2.92. The van der Waals surface area contributed by atoms with Crippen LogP contribution in [-0.2, 0) is 0 Å². The molecule has 0 aromatic heterocycles. The van der Waals surface area contributed by atoms with E-state index >= 15 is 0 Å². The zero-order valence-corrected chi connectivity index (χ0v) is 10.4. The van der Waals surface area contributed by atoms with Crippen LogP contribution in [0, 0.1) is 10.1 Å². The molecule has 0 bridgehead atoms. The van der Waals surface area contributed by atoms with Gasteiger partial charge in [0.05, 0.1) is 4.92 Å². The zero-order chi connectivity index (χ0) is 13.1. The van der Waals surface area contributed by atoms with Gasteiger partial charge < -0.3 is 5.32 Å². The summed E-state index contributed by atoms with van der Waals surface area (Å²) in [5.74, 6) is -0.398. The van der Waals surface area contributed by atoms with Crippen LogP contribution in [0.1, 0.15) is 36.0 Å². The molecule has 0 unspecified atom stereocenters. The average molecular weight is 269 g/mol. The third-order valence-electron chi connectivity index (χ3n) is 3.09. The molecule has 0 aliphatic heterocycles. The molecule has 1 aromatic rings. The van der Waals surface area contributed by atoms with E-state index in [4.69, 9.17) is 11.6 Å². The first-order chi connectivity index (χ1) is 8.58. The maximum atomic E-state index is 12.0. The monoisotopic (exact) mass is 268 g/mol. The van der Waals surface area contributed by atoms with E-state index in [1.54, 1.807) is 0 Å². The van der Waals surface area contributed by atoms with E-state index in [1.807, 2.05) is 0 Å². The summed E-state index contributed by atoms with van der Waals surface area (Å²) in [6.45, 7) is 0. The van der Waals surface area contributed by atoms with E-state index < -0.39 is 10.8 Å². The summed E-state index contributed by atoms with van der Waals surface area (Å²) >= 11 is 5.70. The van der Waals surface area contributed by atoms with Crippen molar-refractivity contribution in [1.29, 1.82) is 0 Å². The fourth-order valence-electron chi connectivity index (χ4n) is 2.18. The molecule has 0 saturated heterocycles. The van der Waals surface area contributed by atoms with Gasteiger partial charge in [-0.1, -0.05) is 24.4 Å². The van der Waals surface area contributed by atoms with E-state index in [1.165, 1.54) is 18.2 Å². The predicted molar refractivity (Wildman–Crippen MR) is 67.8 cm³/mol. The molecule has 1 amide bonds. The maximum absolute atomic E-state index is 12.0. The van der Waals surface area contributed by atoms with Gasteiger partial charge in [-0.15, -0.1) is 0 Å². The number of nitrogens with one attached hydrogen (secondary N) is 1. The van der Waals surface area contributed by atoms with Crippen LogP contribution in [0.4, 0.5) is 5.69 Å². The van der Waals surface area contributed by atoms with Gasteiger partial charge in [0.1, 0.15) is 5.56 Å². The summed E-state index contributed by atoms with van der Waals surface area (Å²) in [7, 11) is 0. The molecule has 0 heterocycles. The van der Waals surface area contributed by atoms with Gasteiger partial charge in [-0.05, 0) is 25.0 Å². The van der Waals surface area contributed by atoms with Crippen molar-refractivity contribution in [2.45, 2.75) is 31.7 Å². The van der Waals surface area contributed by atoms with Gasteiger partial charge in [0.15, 0.2) is 0 Å². The molecule has 5 nitrogen and oxygen atoms in total. The molecular weight excluding hydrogens is 256 g/mol. The summed E-state index contributed by atoms with van der Waals surface area (Å²) in [5, 5.41) is 14.0. The molecule has 2 rings (SSSR count). The Morgan fingerprint density at radius 2 is 2.06 bits per heavy atom. The Morgan fingerprint density at radius 3 is 2.67 bits per heavy atom. The van der Waals surface area contributed by atoms with Crippen LogP contribution >= 0.6 is 11.6 Å². The van der Waals surface area contributed by atoms with E-state index in [2.05, 4.69) is 5.32 Å². The minimum Gasteiger partial charge on any atom is -0.349 e. The molecule has 0 spiro atoms. The largest absolute Gasteiger partial charge is 0.349 e. The van der Waals surface area contributed by atoms with Crippen molar-refractivity contribution < 1.29 is 9.72 Å². The number of hydrogen-bond acceptors (Lipinski definition) is 3. The minimum absolute atomic E-state index is 0.0660. The van der Waals surface area contributed by atoms with Crippen molar-refractivity contribution in [2.75, 3.05) is 0 Å². The number of nitrogens with zero attached hydrogens (tertiary/aromatic N) is 1. The van der Waals surface area contributed by atoms with Crippen LogP contribution in [0.25, 0.3) is 0 Å². The van der Waals surface area contributed by atoms with Crippen molar-refractivity contribution >= 4 is 23.2 Å². The van der Waals surface area contributed by atoms with Crippen LogP contribution < -0.4 is 5.32 Å². The minimum atomic E-state index is -0.588. The number of halogens is 1. The number of rotatable bonds is 3. The maximum Gasteiger partial charge on any atom is 0.283 e. The standard InChI is InChI=1S/C12H13ClN2O3/c13-8-5-6-10(11(7-8)15(17)18)12(16)14-9-3-1-2-4-9/h5-7,9H,1-4H2,(H,14,16). The molecule has 1 aliphatic carbocycles. The first-order valence-corrected chi connectivity index (χ1v) is 6.20. The summed E-state index contributed by atoms with van der Waals surface area (Å²) in [5.41, 5.74) is -0.186. The van der Waals surface area contributed by atoms with Crippen molar-refractivity contribution in [2.24, 2.45) is 0 Å². The van der Waals surface area contributed by atoms with E-state index in [0.29, 0.717) is 0 Å². The topological polar surface area (TPSA) is 72.2 Å². The Balaban J connectivity index is 2.20. The van der Waals surface area contributed by atoms with Crippen molar-refractivity contribution in [3.63, 3.8) is 0 Å². The summed E-state index contributed by atoms with van der Waals surface area (Å²) in [4.78, 5) is 22.3.